The van der Waals surface area contributed by atoms with Gasteiger partial charge in [-0.05, 0) is 54.1 Å². The minimum absolute atomic E-state index is 0.650. The van der Waals surface area contributed by atoms with Crippen LogP contribution in [0, 0.1) is 13.8 Å². The van der Waals surface area contributed by atoms with Crippen molar-refractivity contribution in [1.82, 2.24) is 20.2 Å². The summed E-state index contributed by atoms with van der Waals surface area (Å²) >= 11 is 0. The minimum Gasteiger partial charge on any atom is -0.467 e. The van der Waals surface area contributed by atoms with Crippen LogP contribution in [-0.2, 0) is 6.54 Å². The van der Waals surface area contributed by atoms with E-state index in [9.17, 15) is 0 Å². The first-order valence-corrected chi connectivity index (χ1v) is 6.36. The lowest BCUT2D eigenvalue weighted by molar-refractivity contribution is 0.515. The molecule has 0 aliphatic heterocycles. The molecule has 0 amide bonds. The molecule has 3 rings (SSSR count). The summed E-state index contributed by atoms with van der Waals surface area (Å²) in [4.78, 5) is 0. The molecule has 0 bridgehead atoms. The van der Waals surface area contributed by atoms with Gasteiger partial charge in [0.25, 0.3) is 0 Å². The molecule has 102 valence electrons. The van der Waals surface area contributed by atoms with E-state index in [1.54, 1.807) is 10.9 Å². The highest BCUT2D eigenvalue weighted by molar-refractivity contribution is 5.51. The monoisotopic (exact) mass is 269 g/mol. The zero-order chi connectivity index (χ0) is 13.9. The Morgan fingerprint density at radius 3 is 2.85 bits per heavy atom. The van der Waals surface area contributed by atoms with Crippen LogP contribution in [0.4, 0.5) is 5.69 Å². The predicted molar refractivity (Wildman–Crippen MR) is 74.7 cm³/mol. The number of tetrazole rings is 1. The summed E-state index contributed by atoms with van der Waals surface area (Å²) in [7, 11) is 0. The third-order valence-electron chi connectivity index (χ3n) is 3.14. The van der Waals surface area contributed by atoms with Crippen molar-refractivity contribution in [3.05, 3.63) is 53.7 Å². The van der Waals surface area contributed by atoms with Gasteiger partial charge in [-0.3, -0.25) is 0 Å². The molecule has 0 saturated heterocycles. The van der Waals surface area contributed by atoms with Crippen LogP contribution in [0.25, 0.3) is 5.69 Å². The molecule has 20 heavy (non-hydrogen) atoms. The maximum Gasteiger partial charge on any atom is 0.153 e. The molecular weight excluding hydrogens is 254 g/mol. The van der Waals surface area contributed by atoms with Gasteiger partial charge in [0.1, 0.15) is 5.76 Å². The van der Waals surface area contributed by atoms with Crippen LogP contribution in [-0.4, -0.2) is 20.2 Å². The summed E-state index contributed by atoms with van der Waals surface area (Å²) in [6.45, 7) is 4.55. The highest BCUT2D eigenvalue weighted by Crippen LogP contribution is 2.16. The third-order valence-corrected chi connectivity index (χ3v) is 3.14. The van der Waals surface area contributed by atoms with Crippen molar-refractivity contribution in [2.45, 2.75) is 20.4 Å². The summed E-state index contributed by atoms with van der Waals surface area (Å²) in [6.07, 6.45) is 1.70. The van der Waals surface area contributed by atoms with Crippen molar-refractivity contribution < 1.29 is 4.42 Å². The number of nitrogens with one attached hydrogen (secondary N) is 1. The van der Waals surface area contributed by atoms with Crippen LogP contribution in [0.1, 0.15) is 17.1 Å². The zero-order valence-electron chi connectivity index (χ0n) is 11.4. The molecular formula is C14H15N5O. The van der Waals surface area contributed by atoms with Crippen LogP contribution < -0.4 is 5.32 Å². The Balaban J connectivity index is 1.78. The highest BCUT2D eigenvalue weighted by Gasteiger charge is 2.05. The lowest BCUT2D eigenvalue weighted by atomic mass is 10.2. The molecule has 1 N–H and O–H groups in total. The van der Waals surface area contributed by atoms with Crippen LogP contribution in [0.5, 0.6) is 0 Å². The fourth-order valence-corrected chi connectivity index (χ4v) is 1.99. The number of anilines is 1. The molecule has 2 heterocycles. The first-order chi connectivity index (χ1) is 9.74. The number of aromatic nitrogens is 4. The van der Waals surface area contributed by atoms with Gasteiger partial charge < -0.3 is 9.73 Å². The van der Waals surface area contributed by atoms with Gasteiger partial charge in [-0.1, -0.05) is 6.07 Å². The number of furan rings is 1. The molecule has 1 aromatic carbocycles. The molecule has 0 unspecified atom stereocenters. The van der Waals surface area contributed by atoms with Gasteiger partial charge in [-0.25, -0.2) is 0 Å². The first-order valence-electron chi connectivity index (χ1n) is 6.36. The smallest absolute Gasteiger partial charge is 0.153 e. The number of hydrogen-bond donors (Lipinski definition) is 1. The van der Waals surface area contributed by atoms with Gasteiger partial charge in [0.15, 0.2) is 5.82 Å². The van der Waals surface area contributed by atoms with Gasteiger partial charge >= 0.3 is 0 Å². The predicted octanol–water partition coefficient (Wildman–Crippen LogP) is 2.48. The molecule has 0 aliphatic rings. The van der Waals surface area contributed by atoms with Gasteiger partial charge in [0, 0.05) is 5.69 Å². The Bertz CT molecular complexity index is 716. The fourth-order valence-electron chi connectivity index (χ4n) is 1.99. The Hall–Kier alpha value is -2.63. The minimum atomic E-state index is 0.650. The summed E-state index contributed by atoms with van der Waals surface area (Å²) in [5.41, 5.74) is 3.06. The number of aryl methyl sites for hydroxylation is 2. The summed E-state index contributed by atoms with van der Waals surface area (Å²) in [6, 6.07) is 9.89. The summed E-state index contributed by atoms with van der Waals surface area (Å²) in [5, 5.41) is 14.8. The van der Waals surface area contributed by atoms with E-state index >= 15 is 0 Å². The Morgan fingerprint density at radius 1 is 1.25 bits per heavy atom. The van der Waals surface area contributed by atoms with Crippen molar-refractivity contribution in [1.29, 1.82) is 0 Å². The Morgan fingerprint density at radius 2 is 2.15 bits per heavy atom. The SMILES string of the molecule is Cc1ccoc1CNc1cccc(-n2nnnc2C)c1. The number of benzene rings is 1. The normalized spacial score (nSPS) is 10.7. The van der Waals surface area contributed by atoms with Crippen molar-refractivity contribution in [3.8, 4) is 5.69 Å². The molecule has 0 aliphatic carbocycles. The van der Waals surface area contributed by atoms with E-state index in [4.69, 9.17) is 4.42 Å². The average Bonchev–Trinajstić information content (AvgIpc) is 3.05. The van der Waals surface area contributed by atoms with Crippen LogP contribution in [0.2, 0.25) is 0 Å². The van der Waals surface area contributed by atoms with E-state index in [0.29, 0.717) is 6.54 Å². The first kappa shape index (κ1) is 12.4. The molecule has 0 radical (unpaired) electrons. The quantitative estimate of drug-likeness (QED) is 0.788. The summed E-state index contributed by atoms with van der Waals surface area (Å²) in [5.74, 6) is 1.69. The third kappa shape index (κ3) is 2.40. The second-order valence-electron chi connectivity index (χ2n) is 4.57. The molecule has 3 aromatic rings. The average molecular weight is 269 g/mol. The van der Waals surface area contributed by atoms with Crippen molar-refractivity contribution >= 4 is 5.69 Å². The molecule has 0 saturated carbocycles. The van der Waals surface area contributed by atoms with E-state index in [2.05, 4.69) is 20.8 Å². The highest BCUT2D eigenvalue weighted by atomic mass is 16.3. The maximum atomic E-state index is 5.41. The van der Waals surface area contributed by atoms with Crippen molar-refractivity contribution in [2.24, 2.45) is 0 Å². The molecule has 6 heteroatoms. The lowest BCUT2D eigenvalue weighted by Crippen LogP contribution is -2.03. The van der Waals surface area contributed by atoms with Crippen LogP contribution in [0.3, 0.4) is 0 Å². The second-order valence-corrected chi connectivity index (χ2v) is 4.57. The van der Waals surface area contributed by atoms with E-state index in [0.717, 1.165) is 28.5 Å². The number of nitrogens with zero attached hydrogens (tertiary/aromatic N) is 4. The maximum absolute atomic E-state index is 5.41. The van der Waals surface area contributed by atoms with Crippen LogP contribution >= 0.6 is 0 Å². The fraction of sp³-hybridized carbons (Fsp3) is 0.214. The van der Waals surface area contributed by atoms with Crippen molar-refractivity contribution in [2.75, 3.05) is 5.32 Å². The molecule has 6 nitrogen and oxygen atoms in total. The Labute approximate surface area is 116 Å². The number of hydrogen-bond acceptors (Lipinski definition) is 5. The summed E-state index contributed by atoms with van der Waals surface area (Å²) < 4.78 is 7.11. The van der Waals surface area contributed by atoms with E-state index in [1.165, 1.54) is 0 Å². The lowest BCUT2D eigenvalue weighted by Gasteiger charge is -2.08. The topological polar surface area (TPSA) is 68.8 Å². The van der Waals surface area contributed by atoms with Crippen LogP contribution in [0.15, 0.2) is 41.0 Å². The largest absolute Gasteiger partial charge is 0.467 e. The molecule has 0 atom stereocenters. The van der Waals surface area contributed by atoms with Gasteiger partial charge in [-0.15, -0.1) is 5.10 Å². The van der Waals surface area contributed by atoms with Crippen molar-refractivity contribution in [3.63, 3.8) is 0 Å². The zero-order valence-corrected chi connectivity index (χ0v) is 11.4. The second kappa shape index (κ2) is 5.16. The molecule has 0 fully saturated rings. The standard InChI is InChI=1S/C14H15N5O/c1-10-6-7-20-14(10)9-15-12-4-3-5-13(8-12)19-11(2)16-17-18-19/h3-8,15H,9H2,1-2H3. The number of rotatable bonds is 4. The van der Waals surface area contributed by atoms with Gasteiger partial charge in [0.2, 0.25) is 0 Å². The van der Waals surface area contributed by atoms with E-state index in [-0.39, 0.29) is 0 Å². The van der Waals surface area contributed by atoms with E-state index < -0.39 is 0 Å². The molecule has 0 spiro atoms. The Kier molecular flexibility index (Phi) is 3.20. The van der Waals surface area contributed by atoms with Gasteiger partial charge in [-0.2, -0.15) is 4.68 Å². The van der Waals surface area contributed by atoms with E-state index in [1.807, 2.05) is 44.2 Å². The van der Waals surface area contributed by atoms with Gasteiger partial charge in [0.05, 0.1) is 18.5 Å². The molecule has 2 aromatic heterocycles.